The number of para-hydroxylation sites is 1. The van der Waals surface area contributed by atoms with Crippen LogP contribution in [0.3, 0.4) is 0 Å². The van der Waals surface area contributed by atoms with E-state index in [9.17, 15) is 4.79 Å². The number of fused-ring (bicyclic) bond motifs is 1. The standard InChI is InChI=1S/C22H30N6O/c1-2-3-4-5-9-14-23-19(29)13-10-15-24-21-20-22(26-16-25-21)28(17-27-20)18-11-7-6-8-12-18/h6-8,11-12,16-17H,2-5,9-10,13-15H2,1H3,(H,23,29)(H,24,25,26). The fraction of sp³-hybridized carbons (Fsp3) is 0.455. The lowest BCUT2D eigenvalue weighted by atomic mass is 10.1. The number of imidazole rings is 1. The number of hydrogen-bond donors (Lipinski definition) is 2. The summed E-state index contributed by atoms with van der Waals surface area (Å²) in [5.74, 6) is 0.810. The molecule has 154 valence electrons. The molecule has 1 amide bonds. The number of nitrogens with one attached hydrogen (secondary N) is 2. The van der Waals surface area contributed by atoms with Gasteiger partial charge in [-0.3, -0.25) is 9.36 Å². The highest BCUT2D eigenvalue weighted by molar-refractivity contribution is 5.84. The molecule has 7 nitrogen and oxygen atoms in total. The SMILES string of the molecule is CCCCCCCNC(=O)CCCNc1ncnc2c1ncn2-c1ccccc1. The fourth-order valence-electron chi connectivity index (χ4n) is 3.24. The molecule has 0 aliphatic carbocycles. The molecule has 0 aliphatic heterocycles. The van der Waals surface area contributed by atoms with Gasteiger partial charge in [0.25, 0.3) is 0 Å². The Kier molecular flexibility index (Phi) is 7.98. The third-order valence-corrected chi connectivity index (χ3v) is 4.84. The predicted octanol–water partition coefficient (Wildman–Crippen LogP) is 4.09. The van der Waals surface area contributed by atoms with Crippen molar-refractivity contribution in [3.63, 3.8) is 0 Å². The number of amides is 1. The smallest absolute Gasteiger partial charge is 0.220 e. The van der Waals surface area contributed by atoms with Crippen molar-refractivity contribution >= 4 is 22.9 Å². The summed E-state index contributed by atoms with van der Waals surface area (Å²) in [6.45, 7) is 3.64. The second-order valence-corrected chi connectivity index (χ2v) is 7.14. The molecular formula is C22H30N6O. The van der Waals surface area contributed by atoms with Gasteiger partial charge in [-0.15, -0.1) is 0 Å². The topological polar surface area (TPSA) is 84.7 Å². The summed E-state index contributed by atoms with van der Waals surface area (Å²) in [6.07, 6.45) is 10.6. The van der Waals surface area contributed by atoms with Crippen LogP contribution in [0.2, 0.25) is 0 Å². The molecule has 29 heavy (non-hydrogen) atoms. The summed E-state index contributed by atoms with van der Waals surface area (Å²) < 4.78 is 1.94. The predicted molar refractivity (Wildman–Crippen MR) is 116 cm³/mol. The van der Waals surface area contributed by atoms with Crippen molar-refractivity contribution < 1.29 is 4.79 Å². The fourth-order valence-corrected chi connectivity index (χ4v) is 3.24. The molecule has 3 aromatic rings. The van der Waals surface area contributed by atoms with Crippen molar-refractivity contribution in [1.29, 1.82) is 0 Å². The van der Waals surface area contributed by atoms with E-state index in [1.54, 1.807) is 6.33 Å². The second kappa shape index (κ2) is 11.1. The van der Waals surface area contributed by atoms with Crippen LogP contribution in [0.4, 0.5) is 5.82 Å². The molecular weight excluding hydrogens is 364 g/mol. The summed E-state index contributed by atoms with van der Waals surface area (Å²) in [5, 5.41) is 6.29. The highest BCUT2D eigenvalue weighted by atomic mass is 16.1. The van der Waals surface area contributed by atoms with E-state index in [1.807, 2.05) is 34.9 Å². The number of benzene rings is 1. The zero-order chi connectivity index (χ0) is 20.3. The molecule has 0 unspecified atom stereocenters. The molecule has 0 spiro atoms. The molecule has 0 bridgehead atoms. The minimum Gasteiger partial charge on any atom is -0.368 e. The quantitative estimate of drug-likeness (QED) is 0.452. The van der Waals surface area contributed by atoms with Crippen molar-refractivity contribution in [2.45, 2.75) is 51.9 Å². The van der Waals surface area contributed by atoms with Gasteiger partial charge in [-0.05, 0) is 25.0 Å². The van der Waals surface area contributed by atoms with Gasteiger partial charge in [0.1, 0.15) is 12.7 Å². The average molecular weight is 395 g/mol. The summed E-state index contributed by atoms with van der Waals surface area (Å²) >= 11 is 0. The van der Waals surface area contributed by atoms with E-state index >= 15 is 0 Å². The van der Waals surface area contributed by atoms with Crippen molar-refractivity contribution in [3.8, 4) is 5.69 Å². The van der Waals surface area contributed by atoms with Gasteiger partial charge in [0.15, 0.2) is 17.0 Å². The summed E-state index contributed by atoms with van der Waals surface area (Å²) in [6, 6.07) is 9.97. The molecule has 0 radical (unpaired) electrons. The van der Waals surface area contributed by atoms with E-state index < -0.39 is 0 Å². The van der Waals surface area contributed by atoms with Crippen molar-refractivity contribution in [3.05, 3.63) is 43.0 Å². The van der Waals surface area contributed by atoms with Gasteiger partial charge in [0.05, 0.1) is 0 Å². The van der Waals surface area contributed by atoms with Crippen LogP contribution in [0.15, 0.2) is 43.0 Å². The third-order valence-electron chi connectivity index (χ3n) is 4.84. The van der Waals surface area contributed by atoms with Gasteiger partial charge in [0, 0.05) is 25.2 Å². The first kappa shape index (κ1) is 20.8. The minimum absolute atomic E-state index is 0.114. The van der Waals surface area contributed by atoms with Crippen molar-refractivity contribution in [1.82, 2.24) is 24.8 Å². The van der Waals surface area contributed by atoms with E-state index in [0.29, 0.717) is 18.8 Å². The maximum atomic E-state index is 11.9. The van der Waals surface area contributed by atoms with Gasteiger partial charge in [-0.25, -0.2) is 15.0 Å². The number of nitrogens with zero attached hydrogens (tertiary/aromatic N) is 4. The highest BCUT2D eigenvalue weighted by Gasteiger charge is 2.11. The molecule has 2 aromatic heterocycles. The Bertz CT molecular complexity index is 893. The van der Waals surface area contributed by atoms with E-state index in [0.717, 1.165) is 36.2 Å². The lowest BCUT2D eigenvalue weighted by molar-refractivity contribution is -0.121. The number of carbonyl (C=O) groups excluding carboxylic acids is 1. The Morgan fingerprint density at radius 3 is 2.62 bits per heavy atom. The van der Waals surface area contributed by atoms with Crippen LogP contribution in [0.1, 0.15) is 51.9 Å². The van der Waals surface area contributed by atoms with Gasteiger partial charge < -0.3 is 10.6 Å². The molecule has 0 fully saturated rings. The lowest BCUT2D eigenvalue weighted by Gasteiger charge is -2.08. The number of unbranched alkanes of at least 4 members (excludes halogenated alkanes) is 4. The Morgan fingerprint density at radius 1 is 0.966 bits per heavy atom. The maximum absolute atomic E-state index is 11.9. The molecule has 0 atom stereocenters. The summed E-state index contributed by atoms with van der Waals surface area (Å²) in [7, 11) is 0. The van der Waals surface area contributed by atoms with Crippen molar-refractivity contribution in [2.75, 3.05) is 18.4 Å². The average Bonchev–Trinajstić information content (AvgIpc) is 3.19. The third kappa shape index (κ3) is 6.01. The first-order valence-electron chi connectivity index (χ1n) is 10.5. The number of rotatable bonds is 12. The number of anilines is 1. The second-order valence-electron chi connectivity index (χ2n) is 7.14. The zero-order valence-electron chi connectivity index (χ0n) is 17.1. The van der Waals surface area contributed by atoms with Crippen molar-refractivity contribution in [2.24, 2.45) is 0 Å². The normalized spacial score (nSPS) is 10.9. The maximum Gasteiger partial charge on any atom is 0.220 e. The van der Waals surface area contributed by atoms with Crippen LogP contribution in [-0.2, 0) is 4.79 Å². The number of carbonyl (C=O) groups is 1. The van der Waals surface area contributed by atoms with E-state index in [4.69, 9.17) is 0 Å². The molecule has 1 aromatic carbocycles. The Morgan fingerprint density at radius 2 is 1.79 bits per heavy atom. The zero-order valence-corrected chi connectivity index (χ0v) is 17.1. The summed E-state index contributed by atoms with van der Waals surface area (Å²) in [4.78, 5) is 25.1. The van der Waals surface area contributed by atoms with E-state index in [2.05, 4.69) is 32.5 Å². The van der Waals surface area contributed by atoms with Crippen LogP contribution in [0.5, 0.6) is 0 Å². The Labute approximate surface area is 172 Å². The van der Waals surface area contributed by atoms with Crippen LogP contribution < -0.4 is 10.6 Å². The Balaban J connectivity index is 1.44. The molecule has 0 aliphatic rings. The number of hydrogen-bond acceptors (Lipinski definition) is 5. The number of aromatic nitrogens is 4. The molecule has 2 heterocycles. The Hall–Kier alpha value is -2.96. The molecule has 3 rings (SSSR count). The van der Waals surface area contributed by atoms with Crippen LogP contribution in [0.25, 0.3) is 16.9 Å². The van der Waals surface area contributed by atoms with Gasteiger partial charge >= 0.3 is 0 Å². The molecule has 2 N–H and O–H groups in total. The molecule has 0 saturated heterocycles. The minimum atomic E-state index is 0.114. The molecule has 0 saturated carbocycles. The van der Waals surface area contributed by atoms with E-state index in [1.165, 1.54) is 32.0 Å². The summed E-state index contributed by atoms with van der Waals surface area (Å²) in [5.41, 5.74) is 2.49. The van der Waals surface area contributed by atoms with Crippen LogP contribution >= 0.6 is 0 Å². The van der Waals surface area contributed by atoms with E-state index in [-0.39, 0.29) is 5.91 Å². The van der Waals surface area contributed by atoms with Gasteiger partial charge in [-0.2, -0.15) is 0 Å². The lowest BCUT2D eigenvalue weighted by Crippen LogP contribution is -2.24. The monoisotopic (exact) mass is 394 g/mol. The van der Waals surface area contributed by atoms with Crippen LogP contribution in [0, 0.1) is 0 Å². The molecule has 7 heteroatoms. The highest BCUT2D eigenvalue weighted by Crippen LogP contribution is 2.20. The first-order valence-corrected chi connectivity index (χ1v) is 10.5. The van der Waals surface area contributed by atoms with Gasteiger partial charge in [-0.1, -0.05) is 50.8 Å². The first-order chi connectivity index (χ1) is 14.3. The van der Waals surface area contributed by atoms with Gasteiger partial charge in [0.2, 0.25) is 5.91 Å². The largest absolute Gasteiger partial charge is 0.368 e. The van der Waals surface area contributed by atoms with Crippen LogP contribution in [-0.4, -0.2) is 38.5 Å².